The van der Waals surface area contributed by atoms with Gasteiger partial charge >= 0.3 is 0 Å². The fourth-order valence-corrected chi connectivity index (χ4v) is 1.08. The highest BCUT2D eigenvalue weighted by Gasteiger charge is 2.13. The molecule has 0 aromatic carbocycles. The van der Waals surface area contributed by atoms with Crippen LogP contribution in [0.5, 0.6) is 0 Å². The van der Waals surface area contributed by atoms with Gasteiger partial charge in [-0.25, -0.2) is 0 Å². The molecule has 1 amide bonds. The maximum atomic E-state index is 11.5. The van der Waals surface area contributed by atoms with Crippen molar-refractivity contribution in [3.8, 4) is 0 Å². The van der Waals surface area contributed by atoms with Crippen molar-refractivity contribution in [1.82, 2.24) is 4.90 Å². The molecule has 1 atom stereocenters. The quantitative estimate of drug-likeness (QED) is 0.614. The monoisotopic (exact) mass is 188 g/mol. The molecule has 1 unspecified atom stereocenters. The summed E-state index contributed by atoms with van der Waals surface area (Å²) in [6, 6.07) is -0.0553. The lowest BCUT2D eigenvalue weighted by Crippen LogP contribution is -2.37. The van der Waals surface area contributed by atoms with Crippen molar-refractivity contribution in [2.45, 2.75) is 32.7 Å². The first kappa shape index (κ1) is 12.4. The van der Waals surface area contributed by atoms with Crippen LogP contribution in [0.25, 0.3) is 0 Å². The Morgan fingerprint density at radius 3 is 2.54 bits per heavy atom. The van der Waals surface area contributed by atoms with Gasteiger partial charge in [-0.15, -0.1) is 0 Å². The van der Waals surface area contributed by atoms with Gasteiger partial charge < -0.3 is 15.7 Å². The molecule has 0 radical (unpaired) electrons. The van der Waals surface area contributed by atoms with Gasteiger partial charge in [-0.05, 0) is 13.3 Å². The Labute approximate surface area is 79.7 Å². The Balaban J connectivity index is 3.90. The summed E-state index contributed by atoms with van der Waals surface area (Å²) >= 11 is 0. The van der Waals surface area contributed by atoms with Gasteiger partial charge in [-0.2, -0.15) is 0 Å². The van der Waals surface area contributed by atoms with Crippen LogP contribution in [-0.2, 0) is 4.79 Å². The second-order valence-electron chi connectivity index (χ2n) is 3.07. The van der Waals surface area contributed by atoms with E-state index < -0.39 is 0 Å². The molecule has 0 fully saturated rings. The zero-order chi connectivity index (χ0) is 10.3. The summed E-state index contributed by atoms with van der Waals surface area (Å²) < 4.78 is 0. The molecule has 0 aliphatic carbocycles. The summed E-state index contributed by atoms with van der Waals surface area (Å²) in [5.74, 6) is 0.0332. The maximum Gasteiger partial charge on any atom is 0.224 e. The lowest BCUT2D eigenvalue weighted by atomic mass is 10.1. The molecule has 0 heterocycles. The minimum Gasteiger partial charge on any atom is -0.395 e. The summed E-state index contributed by atoms with van der Waals surface area (Å²) in [5.41, 5.74) is 5.65. The summed E-state index contributed by atoms with van der Waals surface area (Å²) in [7, 11) is 0. The molecule has 4 nitrogen and oxygen atoms in total. The average molecular weight is 188 g/mol. The van der Waals surface area contributed by atoms with Crippen LogP contribution >= 0.6 is 0 Å². The molecule has 3 N–H and O–H groups in total. The van der Waals surface area contributed by atoms with E-state index >= 15 is 0 Å². The predicted molar refractivity (Wildman–Crippen MR) is 52.2 cm³/mol. The number of hydrogen-bond donors (Lipinski definition) is 2. The van der Waals surface area contributed by atoms with Crippen LogP contribution in [0.15, 0.2) is 0 Å². The second-order valence-corrected chi connectivity index (χ2v) is 3.07. The third-order valence-electron chi connectivity index (χ3n) is 2.07. The highest BCUT2D eigenvalue weighted by Crippen LogP contribution is 1.99. The van der Waals surface area contributed by atoms with Gasteiger partial charge in [-0.1, -0.05) is 6.92 Å². The van der Waals surface area contributed by atoms with E-state index in [9.17, 15) is 4.79 Å². The molecule has 0 aromatic heterocycles. The Hall–Kier alpha value is -0.610. The molecule has 0 bridgehead atoms. The van der Waals surface area contributed by atoms with Crippen molar-refractivity contribution < 1.29 is 9.90 Å². The highest BCUT2D eigenvalue weighted by atomic mass is 16.3. The van der Waals surface area contributed by atoms with Crippen LogP contribution in [0.4, 0.5) is 0 Å². The topological polar surface area (TPSA) is 66.6 Å². The van der Waals surface area contributed by atoms with Crippen molar-refractivity contribution in [1.29, 1.82) is 0 Å². The molecule has 0 saturated carbocycles. The molecule has 78 valence electrons. The van der Waals surface area contributed by atoms with Crippen molar-refractivity contribution in [2.24, 2.45) is 5.73 Å². The van der Waals surface area contributed by atoms with Gasteiger partial charge in [0.25, 0.3) is 0 Å². The van der Waals surface area contributed by atoms with E-state index in [0.717, 1.165) is 6.42 Å². The van der Waals surface area contributed by atoms with E-state index in [0.29, 0.717) is 19.5 Å². The van der Waals surface area contributed by atoms with Crippen molar-refractivity contribution in [3.63, 3.8) is 0 Å². The van der Waals surface area contributed by atoms with Crippen LogP contribution in [0.1, 0.15) is 26.7 Å². The lowest BCUT2D eigenvalue weighted by Gasteiger charge is -2.21. The molecule has 0 aliphatic rings. The molecule has 0 rings (SSSR count). The first-order valence-corrected chi connectivity index (χ1v) is 4.79. The first-order valence-electron chi connectivity index (χ1n) is 4.79. The van der Waals surface area contributed by atoms with Gasteiger partial charge in [0.1, 0.15) is 0 Å². The standard InChI is InChI=1S/C9H20N2O2/c1-3-8(10)7-9(13)11(4-2)5-6-12/h8,12H,3-7,10H2,1-2H3. The molecular weight excluding hydrogens is 168 g/mol. The number of nitrogens with zero attached hydrogens (tertiary/aromatic N) is 1. The maximum absolute atomic E-state index is 11.5. The minimum atomic E-state index is -0.0553. The smallest absolute Gasteiger partial charge is 0.224 e. The number of aliphatic hydroxyl groups is 1. The number of likely N-dealkylation sites (N-methyl/N-ethyl adjacent to an activating group) is 1. The number of nitrogens with two attached hydrogens (primary N) is 1. The molecule has 0 aromatic rings. The number of carbonyl (C=O) groups excluding carboxylic acids is 1. The number of aliphatic hydroxyl groups excluding tert-OH is 1. The molecule has 13 heavy (non-hydrogen) atoms. The van der Waals surface area contributed by atoms with E-state index in [2.05, 4.69) is 0 Å². The fraction of sp³-hybridized carbons (Fsp3) is 0.889. The Kier molecular flexibility index (Phi) is 6.54. The largest absolute Gasteiger partial charge is 0.395 e. The molecule has 0 spiro atoms. The molecule has 0 saturated heterocycles. The highest BCUT2D eigenvalue weighted by molar-refractivity contribution is 5.76. The van der Waals surface area contributed by atoms with E-state index in [1.807, 2.05) is 13.8 Å². The van der Waals surface area contributed by atoms with Gasteiger partial charge in [0, 0.05) is 25.6 Å². The van der Waals surface area contributed by atoms with E-state index in [1.165, 1.54) is 0 Å². The summed E-state index contributed by atoms with van der Waals surface area (Å²) in [4.78, 5) is 13.1. The first-order chi connectivity index (χ1) is 6.15. The third kappa shape index (κ3) is 4.85. The van der Waals surface area contributed by atoms with Crippen LogP contribution in [0.2, 0.25) is 0 Å². The molecule has 0 aliphatic heterocycles. The van der Waals surface area contributed by atoms with Crippen molar-refractivity contribution >= 4 is 5.91 Å². The Bertz CT molecular complexity index is 151. The zero-order valence-electron chi connectivity index (χ0n) is 8.49. The summed E-state index contributed by atoms with van der Waals surface area (Å²) in [6.07, 6.45) is 1.19. The van der Waals surface area contributed by atoms with Gasteiger partial charge in [-0.3, -0.25) is 4.79 Å². The predicted octanol–water partition coefficient (Wildman–Crippen LogP) is -0.0454. The van der Waals surface area contributed by atoms with Crippen LogP contribution in [0, 0.1) is 0 Å². The number of amides is 1. The van der Waals surface area contributed by atoms with Gasteiger partial charge in [0.15, 0.2) is 0 Å². The van der Waals surface area contributed by atoms with E-state index in [1.54, 1.807) is 4.90 Å². The number of carbonyl (C=O) groups is 1. The normalized spacial score (nSPS) is 12.6. The van der Waals surface area contributed by atoms with Crippen LogP contribution in [0.3, 0.4) is 0 Å². The SMILES string of the molecule is CCC(N)CC(=O)N(CC)CCO. The fourth-order valence-electron chi connectivity index (χ4n) is 1.08. The van der Waals surface area contributed by atoms with E-state index in [-0.39, 0.29) is 18.6 Å². The average Bonchev–Trinajstić information content (AvgIpc) is 2.13. The zero-order valence-corrected chi connectivity index (χ0v) is 8.49. The third-order valence-corrected chi connectivity index (χ3v) is 2.07. The van der Waals surface area contributed by atoms with Crippen LogP contribution < -0.4 is 5.73 Å². The van der Waals surface area contributed by atoms with Crippen LogP contribution in [-0.4, -0.2) is 41.7 Å². The van der Waals surface area contributed by atoms with Gasteiger partial charge in [0.2, 0.25) is 5.91 Å². The Morgan fingerprint density at radius 2 is 2.15 bits per heavy atom. The van der Waals surface area contributed by atoms with Crippen molar-refractivity contribution in [2.75, 3.05) is 19.7 Å². The van der Waals surface area contributed by atoms with Crippen molar-refractivity contribution in [3.05, 3.63) is 0 Å². The summed E-state index contributed by atoms with van der Waals surface area (Å²) in [6.45, 7) is 4.91. The lowest BCUT2D eigenvalue weighted by molar-refractivity contribution is -0.131. The molecular formula is C9H20N2O2. The number of rotatable bonds is 6. The summed E-state index contributed by atoms with van der Waals surface area (Å²) in [5, 5.41) is 8.68. The Morgan fingerprint density at radius 1 is 1.54 bits per heavy atom. The van der Waals surface area contributed by atoms with Gasteiger partial charge in [0.05, 0.1) is 6.61 Å². The molecule has 4 heteroatoms. The minimum absolute atomic E-state index is 0.0148. The second kappa shape index (κ2) is 6.86. The van der Waals surface area contributed by atoms with E-state index in [4.69, 9.17) is 10.8 Å². The number of hydrogen-bond acceptors (Lipinski definition) is 3.